The number of rotatable bonds is 7. The van der Waals surface area contributed by atoms with Gasteiger partial charge in [-0.3, -0.25) is 14.8 Å². The van der Waals surface area contributed by atoms with Crippen molar-refractivity contribution >= 4 is 22.8 Å². The fraction of sp³-hybridized carbons (Fsp3) is 0.571. The Hall–Kier alpha value is -2.41. The Morgan fingerprint density at radius 2 is 2.18 bits per heavy atom. The summed E-state index contributed by atoms with van der Waals surface area (Å²) in [4.78, 5) is 35.3. The molecule has 2 aromatic rings. The van der Waals surface area contributed by atoms with Crippen molar-refractivity contribution in [2.45, 2.75) is 57.9 Å². The number of aromatic nitrogens is 2. The molecule has 2 fully saturated rings. The molecule has 0 unspecified atom stereocenters. The minimum atomic E-state index is -0.505. The maximum Gasteiger partial charge on any atom is 0.244 e. The number of carbonyl (C=O) groups excluding carboxylic acids is 2. The summed E-state index contributed by atoms with van der Waals surface area (Å²) in [6, 6.07) is 7.82. The van der Waals surface area contributed by atoms with E-state index in [0.29, 0.717) is 6.42 Å². The van der Waals surface area contributed by atoms with Gasteiger partial charge in [0.15, 0.2) is 0 Å². The van der Waals surface area contributed by atoms with Crippen LogP contribution in [0.3, 0.4) is 0 Å². The van der Waals surface area contributed by atoms with Gasteiger partial charge in [-0.05, 0) is 43.2 Å². The van der Waals surface area contributed by atoms with Crippen molar-refractivity contribution < 1.29 is 14.8 Å². The molecule has 28 heavy (non-hydrogen) atoms. The molecule has 2 aliphatic rings. The summed E-state index contributed by atoms with van der Waals surface area (Å²) in [5, 5.41) is 8.92. The molecule has 1 aliphatic carbocycles. The molecular weight excluding hydrogens is 356 g/mol. The molecule has 2 atom stereocenters. The number of imidazole rings is 1. The van der Waals surface area contributed by atoms with E-state index < -0.39 is 11.8 Å². The fourth-order valence-electron chi connectivity index (χ4n) is 4.47. The molecule has 1 aromatic heterocycles. The van der Waals surface area contributed by atoms with E-state index >= 15 is 0 Å². The van der Waals surface area contributed by atoms with Crippen LogP contribution in [0.4, 0.5) is 0 Å². The van der Waals surface area contributed by atoms with E-state index in [2.05, 4.69) is 11.9 Å². The molecule has 150 valence electrons. The average molecular weight is 384 g/mol. The van der Waals surface area contributed by atoms with E-state index in [4.69, 9.17) is 10.2 Å². The lowest BCUT2D eigenvalue weighted by molar-refractivity contribution is -0.141. The lowest BCUT2D eigenvalue weighted by Crippen LogP contribution is -2.38. The van der Waals surface area contributed by atoms with Crippen LogP contribution >= 0.6 is 0 Å². The van der Waals surface area contributed by atoms with Gasteiger partial charge in [-0.2, -0.15) is 0 Å². The van der Waals surface area contributed by atoms with E-state index in [0.717, 1.165) is 55.5 Å². The first-order chi connectivity index (χ1) is 13.5. The van der Waals surface area contributed by atoms with Crippen LogP contribution in [0.2, 0.25) is 0 Å². The second-order valence-corrected chi connectivity index (χ2v) is 8.40. The summed E-state index contributed by atoms with van der Waals surface area (Å²) in [5.41, 5.74) is 3.78. The molecule has 1 saturated heterocycles. The molecule has 7 nitrogen and oxygen atoms in total. The number of hydrogen-bond acceptors (Lipinski definition) is 4. The highest BCUT2D eigenvalue weighted by molar-refractivity contribution is 5.86. The van der Waals surface area contributed by atoms with Crippen LogP contribution in [0.1, 0.15) is 63.7 Å². The number of benzene rings is 1. The van der Waals surface area contributed by atoms with Crippen molar-refractivity contribution in [3.8, 4) is 0 Å². The van der Waals surface area contributed by atoms with Crippen LogP contribution < -0.4 is 5.48 Å². The SMILES string of the molecule is CCCC[C@H](CC(=O)NO)C(=O)N1CC2(CC2)C[C@H]1c1nc2ccccc2[nH]1. The number of nitrogens with zero attached hydrogens (tertiary/aromatic N) is 2. The second kappa shape index (κ2) is 7.54. The standard InChI is InChI=1S/C21H28N4O3/c1-2-3-6-14(11-18(26)24-28)20(27)25-13-21(9-10-21)12-17(25)19-22-15-7-4-5-8-16(15)23-19/h4-5,7-8,14,17,28H,2-3,6,9-13H2,1H3,(H,22,23)(H,24,26)/t14-,17+/m1/s1. The van der Waals surface area contributed by atoms with Crippen molar-refractivity contribution in [1.82, 2.24) is 20.3 Å². The summed E-state index contributed by atoms with van der Waals surface area (Å²) in [6.45, 7) is 2.80. The maximum absolute atomic E-state index is 13.4. The van der Waals surface area contributed by atoms with Gasteiger partial charge in [0.05, 0.1) is 17.1 Å². The second-order valence-electron chi connectivity index (χ2n) is 8.40. The summed E-state index contributed by atoms with van der Waals surface area (Å²) < 4.78 is 0. The fourth-order valence-corrected chi connectivity index (χ4v) is 4.47. The number of amides is 2. The topological polar surface area (TPSA) is 98.3 Å². The van der Waals surface area contributed by atoms with Crippen molar-refractivity contribution in [2.24, 2.45) is 11.3 Å². The van der Waals surface area contributed by atoms with Gasteiger partial charge >= 0.3 is 0 Å². The van der Waals surface area contributed by atoms with Crippen molar-refractivity contribution in [2.75, 3.05) is 6.54 Å². The number of aromatic amines is 1. The zero-order valence-electron chi connectivity index (χ0n) is 16.3. The number of para-hydroxylation sites is 2. The van der Waals surface area contributed by atoms with Gasteiger partial charge in [0.25, 0.3) is 0 Å². The van der Waals surface area contributed by atoms with Crippen molar-refractivity contribution in [1.29, 1.82) is 0 Å². The molecule has 4 rings (SSSR count). The molecule has 7 heteroatoms. The third-order valence-corrected chi connectivity index (χ3v) is 6.28. The molecular formula is C21H28N4O3. The van der Waals surface area contributed by atoms with E-state index in [1.54, 1.807) is 5.48 Å². The minimum Gasteiger partial charge on any atom is -0.340 e. The Bertz CT molecular complexity index is 840. The third-order valence-electron chi connectivity index (χ3n) is 6.28. The van der Waals surface area contributed by atoms with Gasteiger partial charge in [0.2, 0.25) is 11.8 Å². The lowest BCUT2D eigenvalue weighted by Gasteiger charge is -2.27. The van der Waals surface area contributed by atoms with Crippen LogP contribution in [0.25, 0.3) is 11.0 Å². The summed E-state index contributed by atoms with van der Waals surface area (Å²) in [7, 11) is 0. The first kappa shape index (κ1) is 18.9. The Morgan fingerprint density at radius 1 is 1.39 bits per heavy atom. The largest absolute Gasteiger partial charge is 0.340 e. The first-order valence-corrected chi connectivity index (χ1v) is 10.2. The molecule has 3 N–H and O–H groups in total. The van der Waals surface area contributed by atoms with Gasteiger partial charge in [-0.25, -0.2) is 10.5 Å². The highest BCUT2D eigenvalue weighted by Gasteiger charge is 2.54. The number of fused-ring (bicyclic) bond motifs is 1. The van der Waals surface area contributed by atoms with Crippen LogP contribution in [0, 0.1) is 11.3 Å². The normalized spacial score (nSPS) is 21.2. The number of unbranched alkanes of at least 4 members (excludes halogenated alkanes) is 1. The van der Waals surface area contributed by atoms with Gasteiger partial charge in [0.1, 0.15) is 5.82 Å². The number of hydrogen-bond donors (Lipinski definition) is 3. The van der Waals surface area contributed by atoms with Crippen LogP contribution in [0.15, 0.2) is 24.3 Å². The highest BCUT2D eigenvalue weighted by Crippen LogP contribution is 2.58. The molecule has 0 bridgehead atoms. The lowest BCUT2D eigenvalue weighted by atomic mass is 9.96. The number of carbonyl (C=O) groups is 2. The molecule has 1 saturated carbocycles. The number of nitrogens with one attached hydrogen (secondary N) is 2. The van der Waals surface area contributed by atoms with E-state index in [9.17, 15) is 9.59 Å². The first-order valence-electron chi connectivity index (χ1n) is 10.2. The Labute approximate surface area is 164 Å². The zero-order valence-corrected chi connectivity index (χ0v) is 16.3. The monoisotopic (exact) mass is 384 g/mol. The van der Waals surface area contributed by atoms with Crippen molar-refractivity contribution in [3.63, 3.8) is 0 Å². The molecule has 1 spiro atoms. The van der Waals surface area contributed by atoms with Crippen LogP contribution in [0.5, 0.6) is 0 Å². The maximum atomic E-state index is 13.4. The van der Waals surface area contributed by atoms with E-state index in [1.165, 1.54) is 0 Å². The Morgan fingerprint density at radius 3 is 2.86 bits per heavy atom. The number of H-pyrrole nitrogens is 1. The van der Waals surface area contributed by atoms with Crippen molar-refractivity contribution in [3.05, 3.63) is 30.1 Å². The van der Waals surface area contributed by atoms with Gasteiger partial charge < -0.3 is 9.88 Å². The third kappa shape index (κ3) is 3.63. The van der Waals surface area contributed by atoms with Gasteiger partial charge in [-0.1, -0.05) is 31.9 Å². The minimum absolute atomic E-state index is 0.00582. The van der Waals surface area contributed by atoms with E-state index in [-0.39, 0.29) is 23.8 Å². The molecule has 2 amide bonds. The van der Waals surface area contributed by atoms with Gasteiger partial charge in [0, 0.05) is 18.9 Å². The number of hydroxylamine groups is 1. The zero-order chi connectivity index (χ0) is 19.7. The summed E-state index contributed by atoms with van der Waals surface area (Å²) >= 11 is 0. The van der Waals surface area contributed by atoms with Gasteiger partial charge in [-0.15, -0.1) is 0 Å². The smallest absolute Gasteiger partial charge is 0.244 e. The van der Waals surface area contributed by atoms with Crippen LogP contribution in [-0.4, -0.2) is 38.4 Å². The van der Waals surface area contributed by atoms with Crippen LogP contribution in [-0.2, 0) is 9.59 Å². The highest BCUT2D eigenvalue weighted by atomic mass is 16.5. The predicted molar refractivity (Wildman–Crippen MR) is 104 cm³/mol. The molecule has 2 heterocycles. The molecule has 0 radical (unpaired) electrons. The molecule has 1 aromatic carbocycles. The average Bonchev–Trinajstić information content (AvgIpc) is 3.15. The number of likely N-dealkylation sites (tertiary alicyclic amines) is 1. The quantitative estimate of drug-likeness (QED) is 0.504. The predicted octanol–water partition coefficient (Wildman–Crippen LogP) is 3.32. The van der Waals surface area contributed by atoms with E-state index in [1.807, 2.05) is 29.2 Å². The Kier molecular flexibility index (Phi) is 5.10. The summed E-state index contributed by atoms with van der Waals surface area (Å²) in [5.74, 6) is -0.0755. The molecule has 1 aliphatic heterocycles. The summed E-state index contributed by atoms with van der Waals surface area (Å²) in [6.07, 6.45) is 5.72. The Balaban J connectivity index is 1.60.